The quantitative estimate of drug-likeness (QED) is 0.535. The van der Waals surface area contributed by atoms with Gasteiger partial charge in [0.1, 0.15) is 12.4 Å². The maximum atomic E-state index is 13.3. The minimum Gasteiger partial charge on any atom is -0.324 e. The topological polar surface area (TPSA) is 67.2 Å². The van der Waals surface area contributed by atoms with Crippen LogP contribution in [0.25, 0.3) is 0 Å². The highest BCUT2D eigenvalue weighted by molar-refractivity contribution is 9.10. The first-order valence-corrected chi connectivity index (χ1v) is 11.8. The first-order valence-electron chi connectivity index (χ1n) is 11.0. The summed E-state index contributed by atoms with van der Waals surface area (Å²) in [5.74, 6) is 0.452. The molecule has 4 rings (SSSR count). The Morgan fingerprint density at radius 3 is 2.72 bits per heavy atom. The normalized spacial score (nSPS) is 13.6. The Labute approximate surface area is 196 Å². The van der Waals surface area contributed by atoms with Crippen LogP contribution in [0.4, 0.5) is 5.69 Å². The molecule has 1 amide bonds. The third kappa shape index (κ3) is 5.34. The Morgan fingerprint density at radius 2 is 1.97 bits per heavy atom. The van der Waals surface area contributed by atoms with Crippen LogP contribution in [-0.4, -0.2) is 26.9 Å². The molecule has 0 radical (unpaired) electrons. The van der Waals surface area contributed by atoms with E-state index in [2.05, 4.69) is 45.2 Å². The molecule has 0 atom stereocenters. The van der Waals surface area contributed by atoms with Crippen LogP contribution in [0.3, 0.4) is 0 Å². The Morgan fingerprint density at radius 1 is 1.16 bits per heavy atom. The van der Waals surface area contributed by atoms with Gasteiger partial charge in [-0.2, -0.15) is 0 Å². The van der Waals surface area contributed by atoms with E-state index in [0.29, 0.717) is 30.9 Å². The second kappa shape index (κ2) is 10.2. The second-order valence-electron chi connectivity index (χ2n) is 8.10. The van der Waals surface area contributed by atoms with Crippen LogP contribution in [-0.2, 0) is 37.3 Å². The average Bonchev–Trinajstić information content (AvgIpc) is 2.77. The zero-order valence-corrected chi connectivity index (χ0v) is 19.8. The average molecular weight is 495 g/mol. The summed E-state index contributed by atoms with van der Waals surface area (Å²) in [6.07, 6.45) is 2.16. The van der Waals surface area contributed by atoms with Crippen LogP contribution < -0.4 is 10.9 Å². The van der Waals surface area contributed by atoms with Crippen molar-refractivity contribution in [3.63, 3.8) is 0 Å². The third-order valence-corrected chi connectivity index (χ3v) is 6.10. The van der Waals surface area contributed by atoms with Gasteiger partial charge >= 0.3 is 0 Å². The highest BCUT2D eigenvalue weighted by Crippen LogP contribution is 2.19. The number of rotatable bonds is 7. The van der Waals surface area contributed by atoms with Gasteiger partial charge in [0.25, 0.3) is 5.56 Å². The summed E-state index contributed by atoms with van der Waals surface area (Å²) in [4.78, 5) is 33.2. The van der Waals surface area contributed by atoms with E-state index in [9.17, 15) is 9.59 Å². The predicted molar refractivity (Wildman–Crippen MR) is 130 cm³/mol. The van der Waals surface area contributed by atoms with E-state index in [1.54, 1.807) is 4.57 Å². The van der Waals surface area contributed by atoms with Crippen molar-refractivity contribution in [1.29, 1.82) is 0 Å². The highest BCUT2D eigenvalue weighted by Gasteiger charge is 2.24. The number of amides is 1. The molecule has 1 aromatic heterocycles. The molecule has 0 aliphatic carbocycles. The van der Waals surface area contributed by atoms with Crippen molar-refractivity contribution >= 4 is 27.5 Å². The van der Waals surface area contributed by atoms with Gasteiger partial charge in [0.15, 0.2) is 0 Å². The molecule has 1 aliphatic heterocycles. The van der Waals surface area contributed by atoms with Gasteiger partial charge in [-0.1, -0.05) is 59.3 Å². The smallest absolute Gasteiger partial charge is 0.257 e. The maximum absolute atomic E-state index is 13.3. The predicted octanol–water partition coefficient (Wildman–Crippen LogP) is 4.16. The van der Waals surface area contributed by atoms with E-state index in [-0.39, 0.29) is 18.0 Å². The summed E-state index contributed by atoms with van der Waals surface area (Å²) in [5.41, 5.74) is 3.45. The van der Waals surface area contributed by atoms with Crippen molar-refractivity contribution < 1.29 is 4.79 Å². The number of halogens is 1. The number of aromatic nitrogens is 2. The summed E-state index contributed by atoms with van der Waals surface area (Å²) >= 11 is 3.41. The summed E-state index contributed by atoms with van der Waals surface area (Å²) in [5, 5.41) is 2.88. The summed E-state index contributed by atoms with van der Waals surface area (Å²) < 4.78 is 2.44. The lowest BCUT2D eigenvalue weighted by Crippen LogP contribution is -2.40. The fraction of sp³-hybridized carbons (Fsp3) is 0.320. The van der Waals surface area contributed by atoms with Gasteiger partial charge in [0.2, 0.25) is 5.91 Å². The lowest BCUT2D eigenvalue weighted by molar-refractivity contribution is -0.116. The minimum atomic E-state index is -0.231. The zero-order chi connectivity index (χ0) is 22.5. The minimum absolute atomic E-state index is 0.0330. The van der Waals surface area contributed by atoms with Gasteiger partial charge in [-0.15, -0.1) is 0 Å². The molecule has 1 N–H and O–H groups in total. The molecule has 2 heterocycles. The molecule has 0 bridgehead atoms. The number of carbonyl (C=O) groups is 1. The Bertz CT molecular complexity index is 1160. The van der Waals surface area contributed by atoms with E-state index < -0.39 is 0 Å². The van der Waals surface area contributed by atoms with Crippen molar-refractivity contribution in [1.82, 2.24) is 14.5 Å². The first kappa shape index (κ1) is 22.4. The largest absolute Gasteiger partial charge is 0.324 e. The van der Waals surface area contributed by atoms with Crippen LogP contribution in [0.1, 0.15) is 36.0 Å². The standard InChI is InChI=1S/C25H27BrN4O2/c1-2-7-23-28-22-16-29(15-18-8-4-3-5-9-18)13-12-21(22)25(32)30(23)17-24(31)27-20-11-6-10-19(26)14-20/h3-6,8-11,14H,2,7,12-13,15-17H2,1H3,(H,27,31). The number of aryl methyl sites for hydroxylation is 1. The lowest BCUT2D eigenvalue weighted by atomic mass is 10.0. The number of nitrogens with one attached hydrogen (secondary N) is 1. The third-order valence-electron chi connectivity index (χ3n) is 5.61. The SMILES string of the molecule is CCCc1nc2c(c(=O)n1CC(=O)Nc1cccc(Br)c1)CCN(Cc1ccccc1)C2. The van der Waals surface area contributed by atoms with Crippen LogP contribution >= 0.6 is 15.9 Å². The fourth-order valence-electron chi connectivity index (χ4n) is 4.09. The molecule has 1 aliphatic rings. The molecule has 0 saturated carbocycles. The monoisotopic (exact) mass is 494 g/mol. The van der Waals surface area contributed by atoms with Crippen LogP contribution in [0.2, 0.25) is 0 Å². The number of carbonyl (C=O) groups excluding carboxylic acids is 1. The van der Waals surface area contributed by atoms with Crippen LogP contribution in [0, 0.1) is 0 Å². The van der Waals surface area contributed by atoms with Crippen LogP contribution in [0.5, 0.6) is 0 Å². The van der Waals surface area contributed by atoms with Gasteiger partial charge in [-0.3, -0.25) is 19.1 Å². The van der Waals surface area contributed by atoms with E-state index >= 15 is 0 Å². The van der Waals surface area contributed by atoms with Crippen molar-refractivity contribution in [2.45, 2.75) is 45.8 Å². The molecule has 32 heavy (non-hydrogen) atoms. The summed E-state index contributed by atoms with van der Waals surface area (Å²) in [7, 11) is 0. The van der Waals surface area contributed by atoms with Crippen molar-refractivity contribution in [3.8, 4) is 0 Å². The van der Waals surface area contributed by atoms with Crippen molar-refractivity contribution in [3.05, 3.63) is 92.1 Å². The van der Waals surface area contributed by atoms with Gasteiger partial charge in [0.05, 0.1) is 5.69 Å². The first-order chi connectivity index (χ1) is 15.5. The number of fused-ring (bicyclic) bond motifs is 1. The molecule has 0 unspecified atom stereocenters. The zero-order valence-electron chi connectivity index (χ0n) is 18.2. The molecule has 7 heteroatoms. The number of benzene rings is 2. The Kier molecular flexibility index (Phi) is 7.17. The van der Waals surface area contributed by atoms with E-state index in [1.165, 1.54) is 5.56 Å². The van der Waals surface area contributed by atoms with E-state index in [4.69, 9.17) is 4.98 Å². The van der Waals surface area contributed by atoms with Crippen molar-refractivity contribution in [2.24, 2.45) is 0 Å². The molecular formula is C25H27BrN4O2. The molecule has 3 aromatic rings. The van der Waals surface area contributed by atoms with Crippen molar-refractivity contribution in [2.75, 3.05) is 11.9 Å². The number of nitrogens with zero attached hydrogens (tertiary/aromatic N) is 3. The molecular weight excluding hydrogens is 468 g/mol. The maximum Gasteiger partial charge on any atom is 0.257 e. The molecule has 0 spiro atoms. The molecule has 0 saturated heterocycles. The van der Waals surface area contributed by atoms with Gasteiger partial charge in [-0.05, 0) is 36.6 Å². The van der Waals surface area contributed by atoms with E-state index in [1.807, 2.05) is 42.5 Å². The van der Waals surface area contributed by atoms with E-state index in [0.717, 1.165) is 35.2 Å². The number of anilines is 1. The van der Waals surface area contributed by atoms with Gasteiger partial charge in [0, 0.05) is 41.8 Å². The number of hydrogen-bond acceptors (Lipinski definition) is 4. The fourth-order valence-corrected chi connectivity index (χ4v) is 4.49. The van der Waals surface area contributed by atoms with Gasteiger partial charge < -0.3 is 5.32 Å². The molecule has 6 nitrogen and oxygen atoms in total. The number of hydrogen-bond donors (Lipinski definition) is 1. The summed E-state index contributed by atoms with van der Waals surface area (Å²) in [6, 6.07) is 17.8. The molecule has 0 fully saturated rings. The Balaban J connectivity index is 1.55. The highest BCUT2D eigenvalue weighted by atomic mass is 79.9. The van der Waals surface area contributed by atoms with Crippen LogP contribution in [0.15, 0.2) is 63.9 Å². The molecule has 166 valence electrons. The lowest BCUT2D eigenvalue weighted by Gasteiger charge is -2.29. The Hall–Kier alpha value is -2.77. The van der Waals surface area contributed by atoms with Gasteiger partial charge in [-0.25, -0.2) is 4.98 Å². The molecule has 2 aromatic carbocycles. The second-order valence-corrected chi connectivity index (χ2v) is 9.02. The summed E-state index contributed by atoms with van der Waals surface area (Å²) in [6.45, 7) is 4.31.